The fourth-order valence-corrected chi connectivity index (χ4v) is 2.87. The molecule has 0 spiro atoms. The van der Waals surface area contributed by atoms with Crippen molar-refractivity contribution in [2.24, 2.45) is 0 Å². The standard InChI is InChI=1S/C16H21NO.C2H6.CH4/c1-3-10-17(11-4-2)14-8-9-15-13(12-14)6-5-7-16(15)18;1-2;/h1,5-7,14,18H,4,8-12H2,2H3;1-2H3;1H4. The summed E-state index contributed by atoms with van der Waals surface area (Å²) in [6.07, 6.45) is 9.63. The smallest absolute Gasteiger partial charge is 0.119 e. The second kappa shape index (κ2) is 10.3. The minimum absolute atomic E-state index is 0. The maximum Gasteiger partial charge on any atom is 0.119 e. The summed E-state index contributed by atoms with van der Waals surface area (Å²) >= 11 is 0. The van der Waals surface area contributed by atoms with Crippen LogP contribution >= 0.6 is 0 Å². The first-order valence-corrected chi connectivity index (χ1v) is 7.73. The Balaban J connectivity index is 0.00000128. The summed E-state index contributed by atoms with van der Waals surface area (Å²) in [5, 5.41) is 9.84. The Kier molecular flexibility index (Phi) is 9.58. The molecule has 1 aromatic rings. The SMILES string of the molecule is C.C#CCN(CCC)C1CCc2c(O)cccc2C1.CC. The molecular weight excluding hydrogens is 258 g/mol. The zero-order chi connectivity index (χ0) is 15.0. The van der Waals surface area contributed by atoms with Gasteiger partial charge in [-0.15, -0.1) is 6.42 Å². The van der Waals surface area contributed by atoms with Crippen LogP contribution in [0.3, 0.4) is 0 Å². The third-order valence-electron chi connectivity index (χ3n) is 3.75. The van der Waals surface area contributed by atoms with E-state index in [0.29, 0.717) is 11.8 Å². The molecule has 2 rings (SSSR count). The number of hydrogen-bond acceptors (Lipinski definition) is 2. The first kappa shape index (κ1) is 19.5. The van der Waals surface area contributed by atoms with Gasteiger partial charge in [0.15, 0.2) is 0 Å². The predicted octanol–water partition coefficient (Wildman–Crippen LogP) is 4.26. The monoisotopic (exact) mass is 289 g/mol. The van der Waals surface area contributed by atoms with Gasteiger partial charge < -0.3 is 5.11 Å². The number of rotatable bonds is 4. The summed E-state index contributed by atoms with van der Waals surface area (Å²) in [4.78, 5) is 2.40. The Hall–Kier alpha value is -1.46. The predicted molar refractivity (Wildman–Crippen MR) is 92.7 cm³/mol. The van der Waals surface area contributed by atoms with E-state index < -0.39 is 0 Å². The lowest BCUT2D eigenvalue weighted by Gasteiger charge is -2.34. The van der Waals surface area contributed by atoms with E-state index in [1.165, 1.54) is 5.56 Å². The minimum atomic E-state index is 0. The van der Waals surface area contributed by atoms with Crippen LogP contribution in [0.15, 0.2) is 18.2 Å². The molecule has 0 radical (unpaired) electrons. The number of phenols is 1. The highest BCUT2D eigenvalue weighted by Crippen LogP contribution is 2.30. The molecule has 0 aliphatic heterocycles. The molecule has 1 atom stereocenters. The molecule has 0 fully saturated rings. The lowest BCUT2D eigenvalue weighted by Crippen LogP contribution is -2.40. The van der Waals surface area contributed by atoms with Gasteiger partial charge in [0.25, 0.3) is 0 Å². The van der Waals surface area contributed by atoms with Crippen molar-refractivity contribution in [2.45, 2.75) is 59.9 Å². The lowest BCUT2D eigenvalue weighted by atomic mass is 9.87. The third kappa shape index (κ3) is 5.10. The molecule has 1 aliphatic rings. The first-order valence-electron chi connectivity index (χ1n) is 7.73. The van der Waals surface area contributed by atoms with E-state index in [-0.39, 0.29) is 7.43 Å². The normalized spacial score (nSPS) is 16.0. The highest BCUT2D eigenvalue weighted by Gasteiger charge is 2.24. The summed E-state index contributed by atoms with van der Waals surface area (Å²) in [5.74, 6) is 3.21. The number of hydrogen-bond donors (Lipinski definition) is 1. The van der Waals surface area contributed by atoms with Gasteiger partial charge in [-0.3, -0.25) is 4.90 Å². The van der Waals surface area contributed by atoms with Gasteiger partial charge in [-0.25, -0.2) is 0 Å². The molecule has 0 saturated heterocycles. The number of nitrogens with zero attached hydrogens (tertiary/aromatic N) is 1. The van der Waals surface area contributed by atoms with Crippen LogP contribution in [0.4, 0.5) is 0 Å². The van der Waals surface area contributed by atoms with E-state index in [4.69, 9.17) is 6.42 Å². The average molecular weight is 289 g/mol. The fraction of sp³-hybridized carbons (Fsp3) is 0.579. The number of fused-ring (bicyclic) bond motifs is 1. The maximum atomic E-state index is 9.84. The van der Waals surface area contributed by atoms with Crippen LogP contribution in [0, 0.1) is 12.3 Å². The number of aromatic hydroxyl groups is 1. The topological polar surface area (TPSA) is 23.5 Å². The molecule has 1 aliphatic carbocycles. The van der Waals surface area contributed by atoms with Crippen molar-refractivity contribution in [3.05, 3.63) is 29.3 Å². The summed E-state index contributed by atoms with van der Waals surface area (Å²) in [6.45, 7) is 7.97. The van der Waals surface area contributed by atoms with Crippen molar-refractivity contribution in [3.8, 4) is 18.1 Å². The van der Waals surface area contributed by atoms with Gasteiger partial charge in [0.1, 0.15) is 5.75 Å². The van der Waals surface area contributed by atoms with Crippen LogP contribution in [0.2, 0.25) is 0 Å². The molecule has 21 heavy (non-hydrogen) atoms. The molecule has 118 valence electrons. The van der Waals surface area contributed by atoms with Crippen LogP contribution in [0.1, 0.15) is 52.2 Å². The Morgan fingerprint density at radius 1 is 1.38 bits per heavy atom. The van der Waals surface area contributed by atoms with E-state index in [0.717, 1.165) is 44.3 Å². The maximum absolute atomic E-state index is 9.84. The molecule has 2 heteroatoms. The highest BCUT2D eigenvalue weighted by molar-refractivity contribution is 5.41. The molecule has 0 saturated carbocycles. The van der Waals surface area contributed by atoms with Crippen LogP contribution in [-0.4, -0.2) is 29.1 Å². The van der Waals surface area contributed by atoms with Crippen LogP contribution < -0.4 is 0 Å². The summed E-state index contributed by atoms with van der Waals surface area (Å²) in [7, 11) is 0. The van der Waals surface area contributed by atoms with Gasteiger partial charge >= 0.3 is 0 Å². The van der Waals surface area contributed by atoms with Crippen molar-refractivity contribution in [1.82, 2.24) is 4.90 Å². The number of phenolic OH excluding ortho intramolecular Hbond substituents is 1. The molecule has 0 bridgehead atoms. The van der Waals surface area contributed by atoms with E-state index in [1.54, 1.807) is 6.07 Å². The van der Waals surface area contributed by atoms with E-state index in [9.17, 15) is 5.11 Å². The zero-order valence-electron chi connectivity index (χ0n) is 13.0. The Bertz CT molecular complexity index is 447. The molecule has 0 amide bonds. The molecule has 1 unspecified atom stereocenters. The van der Waals surface area contributed by atoms with Crippen LogP contribution in [0.5, 0.6) is 5.75 Å². The molecule has 0 heterocycles. The number of terminal acetylenes is 1. The van der Waals surface area contributed by atoms with Gasteiger partial charge in [0.2, 0.25) is 0 Å². The van der Waals surface area contributed by atoms with Gasteiger partial charge in [-0.2, -0.15) is 0 Å². The first-order chi connectivity index (χ1) is 9.76. The average Bonchev–Trinajstić information content (AvgIpc) is 2.49. The van der Waals surface area contributed by atoms with Crippen molar-refractivity contribution in [1.29, 1.82) is 0 Å². The Labute approximate surface area is 131 Å². The van der Waals surface area contributed by atoms with Crippen LogP contribution in [0.25, 0.3) is 0 Å². The van der Waals surface area contributed by atoms with Crippen molar-refractivity contribution in [3.63, 3.8) is 0 Å². The largest absolute Gasteiger partial charge is 0.508 e. The molecule has 1 aromatic carbocycles. The van der Waals surface area contributed by atoms with E-state index >= 15 is 0 Å². The Morgan fingerprint density at radius 3 is 2.71 bits per heavy atom. The highest BCUT2D eigenvalue weighted by atomic mass is 16.3. The van der Waals surface area contributed by atoms with Gasteiger partial charge in [0.05, 0.1) is 6.54 Å². The van der Waals surface area contributed by atoms with E-state index in [2.05, 4.69) is 23.8 Å². The molecule has 1 N–H and O–H groups in total. The summed E-state index contributed by atoms with van der Waals surface area (Å²) in [5.41, 5.74) is 2.41. The Morgan fingerprint density at radius 2 is 2.10 bits per heavy atom. The molecule has 2 nitrogen and oxygen atoms in total. The van der Waals surface area contributed by atoms with E-state index in [1.807, 2.05) is 19.9 Å². The van der Waals surface area contributed by atoms with Gasteiger partial charge in [-0.1, -0.05) is 46.3 Å². The molecular formula is C19H31NO. The van der Waals surface area contributed by atoms with Gasteiger partial charge in [0, 0.05) is 6.04 Å². The minimum Gasteiger partial charge on any atom is -0.508 e. The van der Waals surface area contributed by atoms with Gasteiger partial charge in [-0.05, 0) is 49.4 Å². The fourth-order valence-electron chi connectivity index (χ4n) is 2.87. The van der Waals surface area contributed by atoms with Crippen molar-refractivity contribution >= 4 is 0 Å². The molecule has 0 aromatic heterocycles. The second-order valence-corrected chi connectivity index (χ2v) is 4.99. The quantitative estimate of drug-likeness (QED) is 0.837. The van der Waals surface area contributed by atoms with Crippen LogP contribution in [-0.2, 0) is 12.8 Å². The third-order valence-corrected chi connectivity index (χ3v) is 3.75. The summed E-state index contributed by atoms with van der Waals surface area (Å²) in [6, 6.07) is 6.36. The summed E-state index contributed by atoms with van der Waals surface area (Å²) < 4.78 is 0. The van der Waals surface area contributed by atoms with Crippen molar-refractivity contribution in [2.75, 3.05) is 13.1 Å². The zero-order valence-corrected chi connectivity index (χ0v) is 13.0. The number of benzene rings is 1. The lowest BCUT2D eigenvalue weighted by molar-refractivity contribution is 0.201. The second-order valence-electron chi connectivity index (χ2n) is 4.99. The van der Waals surface area contributed by atoms with Crippen molar-refractivity contribution < 1.29 is 5.11 Å².